The molecule has 1 aromatic heterocycles. The number of carbonyl (C=O) groups is 3. The number of amides is 3. The predicted octanol–water partition coefficient (Wildman–Crippen LogP) is 3.75. The van der Waals surface area contributed by atoms with Gasteiger partial charge in [-0.3, -0.25) is 14.4 Å². The molecule has 0 bridgehead atoms. The van der Waals surface area contributed by atoms with Crippen LogP contribution >= 0.6 is 11.6 Å². The number of methoxy groups -OCH3 is 2. The molecular weight excluding hydrogens is 538 g/mol. The maximum absolute atomic E-state index is 13.8. The molecule has 0 aliphatic carbocycles. The van der Waals surface area contributed by atoms with Gasteiger partial charge in [-0.25, -0.2) is 0 Å². The van der Waals surface area contributed by atoms with E-state index in [0.717, 1.165) is 18.4 Å². The Kier molecular flexibility index (Phi) is 10.0. The molecule has 1 aliphatic rings. The lowest BCUT2D eigenvalue weighted by molar-refractivity contribution is -0.141. The van der Waals surface area contributed by atoms with Gasteiger partial charge in [0.1, 0.15) is 6.04 Å². The minimum absolute atomic E-state index is 0.0684. The van der Waals surface area contributed by atoms with Crippen LogP contribution < -0.4 is 20.1 Å². The molecule has 11 heteroatoms. The Balaban J connectivity index is 1.67. The van der Waals surface area contributed by atoms with Gasteiger partial charge in [-0.1, -0.05) is 29.8 Å². The van der Waals surface area contributed by atoms with Crippen LogP contribution in [0.4, 0.5) is 0 Å². The standard InChI is InChI=1S/C29H32ClN3O7/c1-37-23-12-9-20(15-25(23)38-2)27(29(36)31-16-22-5-3-13-39-22)33(18-19-7-10-21(30)11-8-19)26(34)17-32-28(35)24-6-4-14-40-24/h4,6-12,14-15,22,27H,3,5,13,16-18H2,1-2H3,(H,31,36)(H,32,35)/t22-,27-/m0/s1. The summed E-state index contributed by atoms with van der Waals surface area (Å²) < 4.78 is 21.6. The SMILES string of the molecule is COc1ccc([C@@H](C(=O)NC[C@@H]2CCCO2)N(Cc2ccc(Cl)cc2)C(=O)CNC(=O)c2ccco2)cc1OC. The first-order chi connectivity index (χ1) is 19.4. The van der Waals surface area contributed by atoms with Crippen molar-refractivity contribution in [2.45, 2.75) is 31.5 Å². The van der Waals surface area contributed by atoms with Crippen LogP contribution in [0.1, 0.15) is 40.6 Å². The van der Waals surface area contributed by atoms with E-state index >= 15 is 0 Å². The summed E-state index contributed by atoms with van der Waals surface area (Å²) in [7, 11) is 3.01. The summed E-state index contributed by atoms with van der Waals surface area (Å²) in [5, 5.41) is 6.07. The van der Waals surface area contributed by atoms with Crippen LogP contribution in [0, 0.1) is 0 Å². The van der Waals surface area contributed by atoms with E-state index in [9.17, 15) is 14.4 Å². The molecule has 0 radical (unpaired) electrons. The van der Waals surface area contributed by atoms with Crippen molar-refractivity contribution in [1.82, 2.24) is 15.5 Å². The zero-order valence-corrected chi connectivity index (χ0v) is 23.1. The van der Waals surface area contributed by atoms with Crippen LogP contribution in [0.3, 0.4) is 0 Å². The fourth-order valence-corrected chi connectivity index (χ4v) is 4.60. The van der Waals surface area contributed by atoms with Crippen LogP contribution in [-0.4, -0.2) is 62.6 Å². The van der Waals surface area contributed by atoms with E-state index in [1.54, 1.807) is 48.5 Å². The number of nitrogens with zero attached hydrogens (tertiary/aromatic N) is 1. The Morgan fingerprint density at radius 2 is 1.82 bits per heavy atom. The van der Waals surface area contributed by atoms with E-state index < -0.39 is 23.8 Å². The Labute approximate surface area is 237 Å². The van der Waals surface area contributed by atoms with E-state index in [1.165, 1.54) is 31.4 Å². The number of halogens is 1. The van der Waals surface area contributed by atoms with Crippen molar-refractivity contribution in [2.24, 2.45) is 0 Å². The Bertz CT molecular complexity index is 1290. The monoisotopic (exact) mass is 569 g/mol. The van der Waals surface area contributed by atoms with E-state index in [4.69, 9.17) is 30.2 Å². The highest BCUT2D eigenvalue weighted by Crippen LogP contribution is 2.33. The Hall–Kier alpha value is -4.02. The smallest absolute Gasteiger partial charge is 0.287 e. The van der Waals surface area contributed by atoms with E-state index in [2.05, 4.69) is 10.6 Å². The summed E-state index contributed by atoms with van der Waals surface area (Å²) in [6.45, 7) is 0.659. The second-order valence-electron chi connectivity index (χ2n) is 9.21. The number of ether oxygens (including phenoxy) is 3. The molecule has 2 atom stereocenters. The number of hydrogen-bond donors (Lipinski definition) is 2. The molecule has 2 heterocycles. The fourth-order valence-electron chi connectivity index (χ4n) is 4.47. The first-order valence-electron chi connectivity index (χ1n) is 12.9. The fraction of sp³-hybridized carbons (Fsp3) is 0.345. The van der Waals surface area contributed by atoms with Crippen LogP contribution in [0.2, 0.25) is 5.02 Å². The van der Waals surface area contributed by atoms with Crippen molar-refractivity contribution in [3.63, 3.8) is 0 Å². The van der Waals surface area contributed by atoms with Crippen molar-refractivity contribution in [3.8, 4) is 11.5 Å². The summed E-state index contributed by atoms with van der Waals surface area (Å²) in [6.07, 6.45) is 3.04. The average Bonchev–Trinajstić information content (AvgIpc) is 3.70. The van der Waals surface area contributed by atoms with Gasteiger partial charge >= 0.3 is 0 Å². The molecule has 40 heavy (non-hydrogen) atoms. The van der Waals surface area contributed by atoms with Gasteiger partial charge in [-0.15, -0.1) is 0 Å². The third-order valence-electron chi connectivity index (χ3n) is 6.54. The first kappa shape index (κ1) is 29.0. The third-order valence-corrected chi connectivity index (χ3v) is 6.79. The van der Waals surface area contributed by atoms with Crippen molar-refractivity contribution in [3.05, 3.63) is 82.8 Å². The second-order valence-corrected chi connectivity index (χ2v) is 9.64. The zero-order chi connectivity index (χ0) is 28.5. The van der Waals surface area contributed by atoms with Crippen molar-refractivity contribution < 1.29 is 33.0 Å². The highest BCUT2D eigenvalue weighted by molar-refractivity contribution is 6.30. The van der Waals surface area contributed by atoms with Crippen LogP contribution in [0.5, 0.6) is 11.5 Å². The van der Waals surface area contributed by atoms with E-state index in [0.29, 0.717) is 35.2 Å². The van der Waals surface area contributed by atoms with Crippen LogP contribution in [-0.2, 0) is 20.9 Å². The maximum Gasteiger partial charge on any atom is 0.287 e. The summed E-state index contributed by atoms with van der Waals surface area (Å²) in [4.78, 5) is 41.5. The molecule has 10 nitrogen and oxygen atoms in total. The van der Waals surface area contributed by atoms with Crippen LogP contribution in [0.25, 0.3) is 0 Å². The molecule has 0 spiro atoms. The van der Waals surface area contributed by atoms with E-state index in [-0.39, 0.29) is 25.0 Å². The van der Waals surface area contributed by atoms with E-state index in [1.807, 2.05) is 0 Å². The first-order valence-corrected chi connectivity index (χ1v) is 13.2. The van der Waals surface area contributed by atoms with Gasteiger partial charge in [0.2, 0.25) is 11.8 Å². The summed E-state index contributed by atoms with van der Waals surface area (Å²) >= 11 is 6.08. The molecule has 4 rings (SSSR count). The third kappa shape index (κ3) is 7.34. The lowest BCUT2D eigenvalue weighted by atomic mass is 10.0. The number of furan rings is 1. The second kappa shape index (κ2) is 13.9. The zero-order valence-electron chi connectivity index (χ0n) is 22.4. The molecule has 1 fully saturated rings. The highest BCUT2D eigenvalue weighted by atomic mass is 35.5. The lowest BCUT2D eigenvalue weighted by Crippen LogP contribution is -2.48. The topological polar surface area (TPSA) is 119 Å². The van der Waals surface area contributed by atoms with Gasteiger partial charge in [0.05, 0.1) is 33.1 Å². The number of hydrogen-bond acceptors (Lipinski definition) is 7. The van der Waals surface area contributed by atoms with Crippen molar-refractivity contribution in [2.75, 3.05) is 33.9 Å². The van der Waals surface area contributed by atoms with Crippen molar-refractivity contribution in [1.29, 1.82) is 0 Å². The van der Waals surface area contributed by atoms with Gasteiger partial charge in [-0.05, 0) is 60.4 Å². The maximum atomic E-state index is 13.8. The quantitative estimate of drug-likeness (QED) is 0.341. The Morgan fingerprint density at radius 3 is 2.48 bits per heavy atom. The van der Waals surface area contributed by atoms with Crippen LogP contribution in [0.15, 0.2) is 65.3 Å². The van der Waals surface area contributed by atoms with Crippen molar-refractivity contribution >= 4 is 29.3 Å². The lowest BCUT2D eigenvalue weighted by Gasteiger charge is -2.32. The molecule has 0 unspecified atom stereocenters. The molecule has 212 valence electrons. The number of nitrogens with one attached hydrogen (secondary N) is 2. The molecule has 0 saturated carbocycles. The molecule has 3 amide bonds. The molecule has 1 aliphatic heterocycles. The van der Waals surface area contributed by atoms with Gasteiger partial charge in [0, 0.05) is 24.7 Å². The molecule has 1 saturated heterocycles. The minimum Gasteiger partial charge on any atom is -0.493 e. The van der Waals surface area contributed by atoms with Gasteiger partial charge in [0.25, 0.3) is 5.91 Å². The van der Waals surface area contributed by atoms with Gasteiger partial charge in [0.15, 0.2) is 17.3 Å². The molecule has 3 aromatic rings. The molecule has 2 aromatic carbocycles. The van der Waals surface area contributed by atoms with Gasteiger partial charge in [-0.2, -0.15) is 0 Å². The normalized spacial score (nSPS) is 15.2. The number of rotatable bonds is 12. The van der Waals surface area contributed by atoms with Gasteiger partial charge < -0.3 is 34.2 Å². The highest BCUT2D eigenvalue weighted by Gasteiger charge is 2.33. The molecule has 2 N–H and O–H groups in total. The number of benzene rings is 2. The average molecular weight is 570 g/mol. The minimum atomic E-state index is -1.06. The number of carbonyl (C=O) groups excluding carboxylic acids is 3. The largest absolute Gasteiger partial charge is 0.493 e. The summed E-state index contributed by atoms with van der Waals surface area (Å²) in [5.74, 6) is -0.476. The summed E-state index contributed by atoms with van der Waals surface area (Å²) in [5.41, 5.74) is 1.25. The predicted molar refractivity (Wildman–Crippen MR) is 147 cm³/mol. The Morgan fingerprint density at radius 1 is 1.05 bits per heavy atom. The molecular formula is C29H32ClN3O7. The summed E-state index contributed by atoms with van der Waals surface area (Å²) in [6, 6.07) is 14.0.